The monoisotopic (exact) mass is 439 g/mol. The molecule has 2 N–H and O–H groups in total. The molecule has 1 amide bonds. The van der Waals surface area contributed by atoms with E-state index in [1.54, 1.807) is 0 Å². The summed E-state index contributed by atoms with van der Waals surface area (Å²) < 4.78 is 32.6. The fraction of sp³-hybridized carbons (Fsp3) is 0.278. The van der Waals surface area contributed by atoms with Gasteiger partial charge in [-0.05, 0) is 49.2 Å². The van der Waals surface area contributed by atoms with Crippen LogP contribution in [0.3, 0.4) is 0 Å². The molecule has 0 saturated carbocycles. The van der Waals surface area contributed by atoms with E-state index in [2.05, 4.69) is 10.0 Å². The molecule has 1 heterocycles. The molecule has 29 heavy (non-hydrogen) atoms. The van der Waals surface area contributed by atoms with E-state index in [0.717, 1.165) is 18.9 Å². The van der Waals surface area contributed by atoms with Crippen molar-refractivity contribution in [3.05, 3.63) is 63.2 Å². The molecule has 0 bridgehead atoms. The molecule has 0 aliphatic carbocycles. The van der Waals surface area contributed by atoms with Gasteiger partial charge in [0.05, 0.1) is 15.9 Å². The number of halogens is 1. The van der Waals surface area contributed by atoms with Gasteiger partial charge in [0.2, 0.25) is 10.0 Å². The lowest BCUT2D eigenvalue weighted by atomic mass is 10.1. The van der Waals surface area contributed by atoms with Crippen LogP contribution in [0, 0.1) is 10.1 Å². The number of hydrogen-bond acceptors (Lipinski definition) is 6. The molecule has 0 aromatic heterocycles. The first kappa shape index (κ1) is 21.2. The predicted octanol–water partition coefficient (Wildman–Crippen LogP) is 2.96. The molecule has 1 saturated heterocycles. The van der Waals surface area contributed by atoms with Crippen molar-refractivity contribution in [2.24, 2.45) is 0 Å². The summed E-state index contributed by atoms with van der Waals surface area (Å²) in [5, 5.41) is 13.8. The van der Waals surface area contributed by atoms with Crippen LogP contribution in [-0.4, -0.2) is 38.5 Å². The maximum absolute atomic E-state index is 12.4. The molecule has 154 valence electrons. The molecule has 2 aromatic rings. The van der Waals surface area contributed by atoms with Crippen molar-refractivity contribution in [2.45, 2.75) is 23.8 Å². The molecule has 1 atom stereocenters. The first-order valence-corrected chi connectivity index (χ1v) is 10.6. The van der Waals surface area contributed by atoms with Crippen LogP contribution in [0.4, 0.5) is 11.4 Å². The van der Waals surface area contributed by atoms with Gasteiger partial charge in [-0.2, -0.15) is 0 Å². The highest BCUT2D eigenvalue weighted by atomic mass is 35.5. The van der Waals surface area contributed by atoms with E-state index in [9.17, 15) is 23.3 Å². The van der Waals surface area contributed by atoms with Crippen molar-refractivity contribution in [1.29, 1.82) is 0 Å². The van der Waals surface area contributed by atoms with Crippen LogP contribution in [0.1, 0.15) is 23.2 Å². The van der Waals surface area contributed by atoms with Crippen molar-refractivity contribution >= 4 is 38.9 Å². The second kappa shape index (κ2) is 8.87. The average Bonchev–Trinajstić information content (AvgIpc) is 3.20. The topological polar surface area (TPSA) is 128 Å². The summed E-state index contributed by atoms with van der Waals surface area (Å²) in [6.45, 7) is 0.827. The van der Waals surface area contributed by atoms with Gasteiger partial charge in [-0.1, -0.05) is 11.6 Å². The van der Waals surface area contributed by atoms with E-state index in [1.807, 2.05) is 0 Å². The number of sulfonamides is 1. The average molecular weight is 440 g/mol. The summed E-state index contributed by atoms with van der Waals surface area (Å²) in [6, 6.07) is 9.20. The molecule has 0 radical (unpaired) electrons. The van der Waals surface area contributed by atoms with Gasteiger partial charge in [-0.3, -0.25) is 14.9 Å². The van der Waals surface area contributed by atoms with Crippen molar-refractivity contribution < 1.29 is 22.9 Å². The Balaban J connectivity index is 1.69. The summed E-state index contributed by atoms with van der Waals surface area (Å²) in [6.07, 6.45) is 1.59. The Morgan fingerprint density at radius 3 is 2.59 bits per heavy atom. The van der Waals surface area contributed by atoms with E-state index in [1.165, 1.54) is 36.4 Å². The third kappa shape index (κ3) is 5.30. The van der Waals surface area contributed by atoms with Crippen LogP contribution in [0.5, 0.6) is 0 Å². The molecule has 1 fully saturated rings. The van der Waals surface area contributed by atoms with Crippen LogP contribution >= 0.6 is 11.6 Å². The van der Waals surface area contributed by atoms with Gasteiger partial charge in [0.1, 0.15) is 5.56 Å². The molecular formula is C18H18ClN3O6S. The number of nitro groups is 1. The summed E-state index contributed by atoms with van der Waals surface area (Å²) in [4.78, 5) is 22.8. The minimum Gasteiger partial charge on any atom is -0.377 e. The molecule has 11 heteroatoms. The van der Waals surface area contributed by atoms with Crippen LogP contribution in [0.15, 0.2) is 47.4 Å². The highest BCUT2D eigenvalue weighted by molar-refractivity contribution is 7.89. The van der Waals surface area contributed by atoms with Crippen LogP contribution < -0.4 is 10.0 Å². The lowest BCUT2D eigenvalue weighted by Crippen LogP contribution is -2.31. The lowest BCUT2D eigenvalue weighted by Gasteiger charge is -2.12. The maximum Gasteiger partial charge on any atom is 0.283 e. The molecule has 9 nitrogen and oxygen atoms in total. The number of nitro benzene ring substituents is 1. The lowest BCUT2D eigenvalue weighted by molar-refractivity contribution is -0.385. The van der Waals surface area contributed by atoms with Crippen LogP contribution in [-0.2, 0) is 14.8 Å². The Morgan fingerprint density at radius 2 is 1.97 bits per heavy atom. The Morgan fingerprint density at radius 1 is 1.24 bits per heavy atom. The number of anilines is 1. The number of nitrogens with one attached hydrogen (secondary N) is 2. The second-order valence-corrected chi connectivity index (χ2v) is 8.59. The molecule has 1 unspecified atom stereocenters. The molecule has 1 aliphatic heterocycles. The number of hydrogen-bond donors (Lipinski definition) is 2. The predicted molar refractivity (Wildman–Crippen MR) is 107 cm³/mol. The quantitative estimate of drug-likeness (QED) is 0.504. The molecule has 2 aromatic carbocycles. The number of carbonyl (C=O) groups is 1. The molecule has 0 spiro atoms. The summed E-state index contributed by atoms with van der Waals surface area (Å²) >= 11 is 5.75. The SMILES string of the molecule is O=C(Nc1ccc(S(=O)(=O)NCC2CCCO2)cc1)c1ccc(Cl)cc1[N+](=O)[O-]. The smallest absolute Gasteiger partial charge is 0.283 e. The fourth-order valence-electron chi connectivity index (χ4n) is 2.86. The van der Waals surface area contributed by atoms with E-state index >= 15 is 0 Å². The van der Waals surface area contributed by atoms with Gasteiger partial charge in [-0.15, -0.1) is 0 Å². The van der Waals surface area contributed by atoms with Crippen LogP contribution in [0.2, 0.25) is 5.02 Å². The van der Waals surface area contributed by atoms with E-state index in [-0.39, 0.29) is 33.8 Å². The van der Waals surface area contributed by atoms with Gasteiger partial charge in [0.25, 0.3) is 11.6 Å². The minimum absolute atomic E-state index is 0.0333. The largest absolute Gasteiger partial charge is 0.377 e. The Labute approximate surface area is 172 Å². The molecule has 1 aliphatic rings. The van der Waals surface area contributed by atoms with Crippen LogP contribution in [0.25, 0.3) is 0 Å². The highest BCUT2D eigenvalue weighted by Gasteiger charge is 2.22. The first-order valence-electron chi connectivity index (χ1n) is 8.73. The fourth-order valence-corrected chi connectivity index (χ4v) is 4.09. The van der Waals surface area contributed by atoms with Crippen molar-refractivity contribution in [3.8, 4) is 0 Å². The first-order chi connectivity index (χ1) is 13.8. The van der Waals surface area contributed by atoms with Gasteiger partial charge in [0.15, 0.2) is 0 Å². The molecular weight excluding hydrogens is 422 g/mol. The number of amides is 1. The van der Waals surface area contributed by atoms with E-state index in [0.29, 0.717) is 6.61 Å². The number of carbonyl (C=O) groups excluding carboxylic acids is 1. The Hall–Kier alpha value is -2.53. The molecule has 3 rings (SSSR count). The number of benzene rings is 2. The third-order valence-electron chi connectivity index (χ3n) is 4.35. The second-order valence-electron chi connectivity index (χ2n) is 6.38. The maximum atomic E-state index is 12.4. The van der Waals surface area contributed by atoms with E-state index in [4.69, 9.17) is 16.3 Å². The van der Waals surface area contributed by atoms with Gasteiger partial charge in [-0.25, -0.2) is 13.1 Å². The van der Waals surface area contributed by atoms with Gasteiger partial charge < -0.3 is 10.1 Å². The Kier molecular flexibility index (Phi) is 6.48. The standard InChI is InChI=1S/C18H18ClN3O6S/c19-12-3-8-16(17(10-12)22(24)25)18(23)21-13-4-6-15(7-5-13)29(26,27)20-11-14-2-1-9-28-14/h3-8,10,14,20H,1-2,9,11H2,(H,21,23). The number of ether oxygens (including phenoxy) is 1. The van der Waals surface area contributed by atoms with Crippen molar-refractivity contribution in [2.75, 3.05) is 18.5 Å². The summed E-state index contributed by atoms with van der Waals surface area (Å²) in [5.41, 5.74) is -0.292. The van der Waals surface area contributed by atoms with Crippen molar-refractivity contribution in [3.63, 3.8) is 0 Å². The van der Waals surface area contributed by atoms with Crippen molar-refractivity contribution in [1.82, 2.24) is 4.72 Å². The van der Waals surface area contributed by atoms with E-state index < -0.39 is 26.5 Å². The zero-order valence-corrected chi connectivity index (χ0v) is 16.7. The summed E-state index contributed by atoms with van der Waals surface area (Å²) in [7, 11) is -3.71. The highest BCUT2D eigenvalue weighted by Crippen LogP contribution is 2.24. The minimum atomic E-state index is -3.71. The summed E-state index contributed by atoms with van der Waals surface area (Å²) in [5.74, 6) is -0.708. The normalized spacial score (nSPS) is 16.5. The van der Waals surface area contributed by atoms with Gasteiger partial charge in [0, 0.05) is 29.9 Å². The van der Waals surface area contributed by atoms with Gasteiger partial charge >= 0.3 is 0 Å². The zero-order chi connectivity index (χ0) is 21.0. The number of nitrogens with zero attached hydrogens (tertiary/aromatic N) is 1. The number of rotatable bonds is 7. The zero-order valence-electron chi connectivity index (χ0n) is 15.1. The third-order valence-corrected chi connectivity index (χ3v) is 6.02. The Bertz CT molecular complexity index is 1020.